The summed E-state index contributed by atoms with van der Waals surface area (Å²) >= 11 is 0. The lowest BCUT2D eigenvalue weighted by Gasteiger charge is -2.03. The van der Waals surface area contributed by atoms with Crippen LogP contribution in [0, 0.1) is 0 Å². The molecule has 5 N–H and O–H groups in total. The monoisotopic (exact) mass is 194 g/mol. The molecular formula is C10H14N2O2. The predicted molar refractivity (Wildman–Crippen MR) is 55.8 cm³/mol. The van der Waals surface area contributed by atoms with Crippen molar-refractivity contribution in [2.24, 2.45) is 0 Å². The predicted octanol–water partition coefficient (Wildman–Crippen LogP) is 1.26. The van der Waals surface area contributed by atoms with Crippen molar-refractivity contribution in [2.75, 3.05) is 11.5 Å². The first kappa shape index (κ1) is 10.4. The molecule has 0 aromatic heterocycles. The second kappa shape index (κ2) is 4.50. The van der Waals surface area contributed by atoms with Gasteiger partial charge >= 0.3 is 5.97 Å². The Bertz CT molecular complexity index is 317. The molecule has 76 valence electrons. The molecule has 0 aliphatic heterocycles. The molecule has 0 saturated heterocycles. The average Bonchev–Trinajstić information content (AvgIpc) is 2.01. The Morgan fingerprint density at radius 2 is 1.79 bits per heavy atom. The number of nitrogens with two attached hydrogens (primary N) is 2. The summed E-state index contributed by atoms with van der Waals surface area (Å²) in [6.45, 7) is 0. The number of aliphatic carboxylic acids is 1. The van der Waals surface area contributed by atoms with Gasteiger partial charge in [0.1, 0.15) is 0 Å². The summed E-state index contributed by atoms with van der Waals surface area (Å²) in [5.41, 5.74) is 13.4. The van der Waals surface area contributed by atoms with Crippen LogP contribution >= 0.6 is 0 Å². The van der Waals surface area contributed by atoms with Crippen LogP contribution in [0.5, 0.6) is 0 Å². The highest BCUT2D eigenvalue weighted by atomic mass is 16.4. The van der Waals surface area contributed by atoms with Gasteiger partial charge in [0.05, 0.1) is 0 Å². The number of nitrogen functional groups attached to an aromatic ring is 2. The van der Waals surface area contributed by atoms with Crippen LogP contribution < -0.4 is 11.5 Å². The number of hydrogen-bond acceptors (Lipinski definition) is 3. The van der Waals surface area contributed by atoms with E-state index < -0.39 is 5.97 Å². The summed E-state index contributed by atoms with van der Waals surface area (Å²) in [7, 11) is 0. The maximum absolute atomic E-state index is 10.3. The third-order valence-corrected chi connectivity index (χ3v) is 1.89. The van der Waals surface area contributed by atoms with Crippen LogP contribution in [-0.4, -0.2) is 11.1 Å². The third kappa shape index (κ3) is 3.35. The molecule has 14 heavy (non-hydrogen) atoms. The van der Waals surface area contributed by atoms with E-state index >= 15 is 0 Å². The second-order valence-electron chi connectivity index (χ2n) is 3.26. The van der Waals surface area contributed by atoms with Gasteiger partial charge in [-0.25, -0.2) is 0 Å². The quantitative estimate of drug-likeness (QED) is 0.629. The number of hydrogen-bond donors (Lipinski definition) is 3. The second-order valence-corrected chi connectivity index (χ2v) is 3.26. The van der Waals surface area contributed by atoms with E-state index in [-0.39, 0.29) is 6.42 Å². The lowest BCUT2D eigenvalue weighted by molar-refractivity contribution is -0.137. The minimum Gasteiger partial charge on any atom is -0.481 e. The lowest BCUT2D eigenvalue weighted by Crippen LogP contribution is -1.97. The van der Waals surface area contributed by atoms with Crippen LogP contribution in [0.2, 0.25) is 0 Å². The summed E-state index contributed by atoms with van der Waals surface area (Å²) in [5, 5.41) is 8.45. The Hall–Kier alpha value is -1.71. The molecule has 4 heteroatoms. The molecule has 1 aromatic rings. The molecular weight excluding hydrogens is 180 g/mol. The van der Waals surface area contributed by atoms with Crippen molar-refractivity contribution >= 4 is 17.3 Å². The van der Waals surface area contributed by atoms with Gasteiger partial charge in [0.15, 0.2) is 0 Å². The van der Waals surface area contributed by atoms with Gasteiger partial charge in [-0.1, -0.05) is 0 Å². The Labute approximate surface area is 82.5 Å². The van der Waals surface area contributed by atoms with Gasteiger partial charge in [0, 0.05) is 17.8 Å². The fraction of sp³-hybridized carbons (Fsp3) is 0.300. The van der Waals surface area contributed by atoms with Gasteiger partial charge in [0.2, 0.25) is 0 Å². The molecule has 1 aromatic carbocycles. The first-order chi connectivity index (χ1) is 6.58. The molecule has 0 amide bonds. The Balaban J connectivity index is 2.54. The van der Waals surface area contributed by atoms with E-state index in [2.05, 4.69) is 0 Å². The maximum Gasteiger partial charge on any atom is 0.303 e. The zero-order valence-electron chi connectivity index (χ0n) is 7.86. The highest BCUT2D eigenvalue weighted by Gasteiger charge is 2.00. The van der Waals surface area contributed by atoms with E-state index in [0.29, 0.717) is 24.2 Å². The number of carbonyl (C=O) groups is 1. The van der Waals surface area contributed by atoms with Crippen molar-refractivity contribution in [1.82, 2.24) is 0 Å². The highest BCUT2D eigenvalue weighted by Crippen LogP contribution is 2.15. The molecule has 0 atom stereocenters. The maximum atomic E-state index is 10.3. The Morgan fingerprint density at radius 3 is 2.29 bits per heavy atom. The summed E-state index contributed by atoms with van der Waals surface area (Å²) in [6, 6.07) is 5.32. The van der Waals surface area contributed by atoms with Crippen molar-refractivity contribution in [3.8, 4) is 0 Å². The number of aryl methyl sites for hydroxylation is 1. The van der Waals surface area contributed by atoms with E-state index in [9.17, 15) is 4.79 Å². The van der Waals surface area contributed by atoms with Gasteiger partial charge in [-0.05, 0) is 36.6 Å². The molecule has 0 aliphatic rings. The van der Waals surface area contributed by atoms with Gasteiger partial charge in [-0.3, -0.25) is 4.79 Å². The molecule has 0 saturated carbocycles. The van der Waals surface area contributed by atoms with Gasteiger partial charge < -0.3 is 16.6 Å². The first-order valence-corrected chi connectivity index (χ1v) is 4.44. The molecule has 1 rings (SSSR count). The molecule has 0 spiro atoms. The minimum atomic E-state index is -0.776. The number of rotatable bonds is 4. The van der Waals surface area contributed by atoms with Crippen molar-refractivity contribution in [1.29, 1.82) is 0 Å². The fourth-order valence-corrected chi connectivity index (χ4v) is 1.33. The van der Waals surface area contributed by atoms with Crippen LogP contribution in [0.25, 0.3) is 0 Å². The zero-order valence-corrected chi connectivity index (χ0v) is 7.86. The van der Waals surface area contributed by atoms with E-state index in [1.165, 1.54) is 0 Å². The summed E-state index contributed by atoms with van der Waals surface area (Å²) in [5.74, 6) is -0.776. The molecule has 0 radical (unpaired) electrons. The van der Waals surface area contributed by atoms with E-state index in [1.54, 1.807) is 6.07 Å². The molecule has 0 aliphatic carbocycles. The van der Waals surface area contributed by atoms with Crippen molar-refractivity contribution in [3.05, 3.63) is 23.8 Å². The van der Waals surface area contributed by atoms with Gasteiger partial charge in [-0.2, -0.15) is 0 Å². The van der Waals surface area contributed by atoms with Crippen LogP contribution in [0.3, 0.4) is 0 Å². The topological polar surface area (TPSA) is 89.3 Å². The molecule has 0 heterocycles. The van der Waals surface area contributed by atoms with Crippen molar-refractivity contribution in [2.45, 2.75) is 19.3 Å². The molecule has 0 unspecified atom stereocenters. The zero-order chi connectivity index (χ0) is 10.6. The van der Waals surface area contributed by atoms with Crippen LogP contribution in [0.15, 0.2) is 18.2 Å². The van der Waals surface area contributed by atoms with E-state index in [4.69, 9.17) is 16.6 Å². The fourth-order valence-electron chi connectivity index (χ4n) is 1.33. The van der Waals surface area contributed by atoms with Crippen LogP contribution in [0.1, 0.15) is 18.4 Å². The average molecular weight is 194 g/mol. The number of carboxylic acids is 1. The van der Waals surface area contributed by atoms with E-state index in [0.717, 1.165) is 5.56 Å². The summed E-state index contributed by atoms with van der Waals surface area (Å²) in [6.07, 6.45) is 1.48. The normalized spacial score (nSPS) is 10.0. The lowest BCUT2D eigenvalue weighted by atomic mass is 10.1. The standard InChI is InChI=1S/C10H14N2O2/c11-8-4-7(5-9(12)6-8)2-1-3-10(13)14/h4-6H,1-3,11-12H2,(H,13,14). The summed E-state index contributed by atoms with van der Waals surface area (Å²) in [4.78, 5) is 10.3. The smallest absolute Gasteiger partial charge is 0.303 e. The third-order valence-electron chi connectivity index (χ3n) is 1.89. The molecule has 0 fully saturated rings. The largest absolute Gasteiger partial charge is 0.481 e. The van der Waals surface area contributed by atoms with E-state index in [1.807, 2.05) is 12.1 Å². The Kier molecular flexibility index (Phi) is 3.34. The van der Waals surface area contributed by atoms with Gasteiger partial charge in [-0.15, -0.1) is 0 Å². The number of anilines is 2. The van der Waals surface area contributed by atoms with Crippen LogP contribution in [0.4, 0.5) is 11.4 Å². The minimum absolute atomic E-state index is 0.175. The number of benzene rings is 1. The Morgan fingerprint density at radius 1 is 1.21 bits per heavy atom. The van der Waals surface area contributed by atoms with Gasteiger partial charge in [0.25, 0.3) is 0 Å². The highest BCUT2D eigenvalue weighted by molar-refractivity contribution is 5.66. The molecule has 0 bridgehead atoms. The van der Waals surface area contributed by atoms with Crippen LogP contribution in [-0.2, 0) is 11.2 Å². The van der Waals surface area contributed by atoms with Crippen molar-refractivity contribution < 1.29 is 9.90 Å². The molecule has 4 nitrogen and oxygen atoms in total. The summed E-state index contributed by atoms with van der Waals surface area (Å²) < 4.78 is 0. The number of carboxylic acid groups (broad SMARTS) is 1. The first-order valence-electron chi connectivity index (χ1n) is 4.44. The van der Waals surface area contributed by atoms with Crippen molar-refractivity contribution in [3.63, 3.8) is 0 Å². The SMILES string of the molecule is Nc1cc(N)cc(CCCC(=O)O)c1.